The average Bonchev–Trinajstić information content (AvgIpc) is 2.92. The van der Waals surface area contributed by atoms with Gasteiger partial charge in [-0.1, -0.05) is 11.6 Å². The van der Waals surface area contributed by atoms with Crippen LogP contribution < -0.4 is 10.6 Å². The Bertz CT molecular complexity index is 517. The minimum Gasteiger partial charge on any atom is -0.352 e. The molecule has 108 valence electrons. The van der Waals surface area contributed by atoms with Crippen molar-refractivity contribution in [2.45, 2.75) is 12.8 Å². The molecule has 1 unspecified atom stereocenters. The van der Waals surface area contributed by atoms with Crippen molar-refractivity contribution in [1.29, 1.82) is 0 Å². The van der Waals surface area contributed by atoms with Crippen LogP contribution >= 0.6 is 11.6 Å². The first kappa shape index (κ1) is 14.7. The lowest BCUT2D eigenvalue weighted by molar-refractivity contribution is -0.385. The lowest BCUT2D eigenvalue weighted by Crippen LogP contribution is -2.27. The highest BCUT2D eigenvalue weighted by molar-refractivity contribution is 6.32. The van der Waals surface area contributed by atoms with E-state index in [0.29, 0.717) is 12.5 Å². The Balaban J connectivity index is 1.94. The van der Waals surface area contributed by atoms with E-state index in [4.69, 9.17) is 11.6 Å². The van der Waals surface area contributed by atoms with Crippen LogP contribution in [0.1, 0.15) is 23.2 Å². The third kappa shape index (κ3) is 3.64. The predicted octanol–water partition coefficient (Wildman–Crippen LogP) is 1.37. The van der Waals surface area contributed by atoms with Gasteiger partial charge in [-0.3, -0.25) is 14.9 Å². The van der Waals surface area contributed by atoms with E-state index in [0.717, 1.165) is 38.2 Å². The summed E-state index contributed by atoms with van der Waals surface area (Å²) in [7, 11) is 0. The zero-order valence-corrected chi connectivity index (χ0v) is 11.5. The summed E-state index contributed by atoms with van der Waals surface area (Å²) in [6.07, 6.45) is 3.01. The summed E-state index contributed by atoms with van der Waals surface area (Å²) in [4.78, 5) is 25.7. The predicted molar refractivity (Wildman–Crippen MR) is 73.8 cm³/mol. The van der Waals surface area contributed by atoms with Gasteiger partial charge in [0.25, 0.3) is 11.6 Å². The number of hydrogen-bond donors (Lipinski definition) is 2. The van der Waals surface area contributed by atoms with Crippen molar-refractivity contribution >= 4 is 23.2 Å². The molecule has 0 radical (unpaired) electrons. The maximum absolute atomic E-state index is 11.9. The van der Waals surface area contributed by atoms with Crippen LogP contribution in [-0.4, -0.2) is 35.4 Å². The first-order valence-corrected chi connectivity index (χ1v) is 6.74. The number of carbonyl (C=O) groups is 1. The minimum absolute atomic E-state index is 0.0318. The number of carbonyl (C=O) groups excluding carboxylic acids is 1. The fraction of sp³-hybridized carbons (Fsp3) is 0.500. The highest BCUT2D eigenvalue weighted by atomic mass is 35.5. The SMILES string of the molecule is O=C(NCCC1CCNC1)c1cc([N+](=O)[O-])cnc1Cl. The van der Waals surface area contributed by atoms with Crippen molar-refractivity contribution in [2.75, 3.05) is 19.6 Å². The van der Waals surface area contributed by atoms with Gasteiger partial charge in [-0.25, -0.2) is 4.98 Å². The van der Waals surface area contributed by atoms with Crippen LogP contribution in [0.5, 0.6) is 0 Å². The van der Waals surface area contributed by atoms with E-state index >= 15 is 0 Å². The number of nitro groups is 1. The van der Waals surface area contributed by atoms with Crippen LogP contribution in [0.3, 0.4) is 0 Å². The van der Waals surface area contributed by atoms with Crippen molar-refractivity contribution in [3.05, 3.63) is 33.1 Å². The van der Waals surface area contributed by atoms with Gasteiger partial charge in [0.2, 0.25) is 0 Å². The molecule has 0 spiro atoms. The molecule has 1 aliphatic heterocycles. The molecule has 0 aromatic carbocycles. The molecule has 2 rings (SSSR count). The Morgan fingerprint density at radius 3 is 3.10 bits per heavy atom. The smallest absolute Gasteiger partial charge is 0.288 e. The standard InChI is InChI=1S/C12H15ClN4O3/c13-11-10(5-9(7-16-11)17(19)20)12(18)15-4-2-8-1-3-14-6-8/h5,7-8,14H,1-4,6H2,(H,15,18). The van der Waals surface area contributed by atoms with Crippen LogP contribution in [-0.2, 0) is 0 Å². The van der Waals surface area contributed by atoms with Crippen LogP contribution in [0.25, 0.3) is 0 Å². The Morgan fingerprint density at radius 2 is 2.45 bits per heavy atom. The van der Waals surface area contributed by atoms with E-state index in [9.17, 15) is 14.9 Å². The number of amides is 1. The second kappa shape index (κ2) is 6.62. The van der Waals surface area contributed by atoms with E-state index in [1.807, 2.05) is 0 Å². The van der Waals surface area contributed by atoms with Crippen LogP contribution in [0.2, 0.25) is 5.15 Å². The van der Waals surface area contributed by atoms with Gasteiger partial charge in [0.05, 0.1) is 10.5 Å². The fourth-order valence-electron chi connectivity index (χ4n) is 2.14. The Kier molecular flexibility index (Phi) is 4.86. The van der Waals surface area contributed by atoms with Crippen LogP contribution in [0, 0.1) is 16.0 Å². The summed E-state index contributed by atoms with van der Waals surface area (Å²) >= 11 is 5.80. The third-order valence-corrected chi connectivity index (χ3v) is 3.58. The summed E-state index contributed by atoms with van der Waals surface area (Å²) < 4.78 is 0. The van der Waals surface area contributed by atoms with Crippen LogP contribution in [0.4, 0.5) is 5.69 Å². The number of hydrogen-bond acceptors (Lipinski definition) is 5. The number of halogens is 1. The summed E-state index contributed by atoms with van der Waals surface area (Å²) in [6, 6.07) is 1.14. The molecule has 7 nitrogen and oxygen atoms in total. The van der Waals surface area contributed by atoms with Gasteiger partial charge in [-0.15, -0.1) is 0 Å². The lowest BCUT2D eigenvalue weighted by Gasteiger charge is -2.09. The van der Waals surface area contributed by atoms with E-state index in [1.54, 1.807) is 0 Å². The molecule has 1 aromatic heterocycles. The quantitative estimate of drug-likeness (QED) is 0.486. The van der Waals surface area contributed by atoms with E-state index in [-0.39, 0.29) is 16.4 Å². The van der Waals surface area contributed by atoms with Crippen molar-refractivity contribution < 1.29 is 9.72 Å². The van der Waals surface area contributed by atoms with Gasteiger partial charge in [-0.05, 0) is 31.8 Å². The topological polar surface area (TPSA) is 97.2 Å². The highest BCUT2D eigenvalue weighted by Crippen LogP contribution is 2.19. The summed E-state index contributed by atoms with van der Waals surface area (Å²) in [5.41, 5.74) is -0.218. The van der Waals surface area contributed by atoms with Crippen molar-refractivity contribution in [3.63, 3.8) is 0 Å². The monoisotopic (exact) mass is 298 g/mol. The lowest BCUT2D eigenvalue weighted by atomic mass is 10.1. The number of nitrogens with zero attached hydrogens (tertiary/aromatic N) is 2. The second-order valence-corrected chi connectivity index (χ2v) is 5.05. The van der Waals surface area contributed by atoms with Gasteiger partial charge < -0.3 is 10.6 Å². The van der Waals surface area contributed by atoms with E-state index in [1.165, 1.54) is 0 Å². The van der Waals surface area contributed by atoms with E-state index in [2.05, 4.69) is 15.6 Å². The number of rotatable bonds is 5. The Labute approximate surface area is 120 Å². The second-order valence-electron chi connectivity index (χ2n) is 4.69. The molecule has 0 aliphatic carbocycles. The molecular formula is C12H15ClN4O3. The van der Waals surface area contributed by atoms with Gasteiger partial charge in [0.1, 0.15) is 11.3 Å². The molecule has 1 aromatic rings. The highest BCUT2D eigenvalue weighted by Gasteiger charge is 2.18. The molecule has 8 heteroatoms. The molecule has 1 saturated heterocycles. The van der Waals surface area contributed by atoms with Crippen LogP contribution in [0.15, 0.2) is 12.3 Å². The van der Waals surface area contributed by atoms with Crippen molar-refractivity contribution in [3.8, 4) is 0 Å². The molecule has 1 aliphatic rings. The first-order valence-electron chi connectivity index (χ1n) is 6.37. The maximum atomic E-state index is 11.9. The summed E-state index contributed by atoms with van der Waals surface area (Å²) in [6.45, 7) is 2.50. The largest absolute Gasteiger partial charge is 0.352 e. The summed E-state index contributed by atoms with van der Waals surface area (Å²) in [5, 5.41) is 16.6. The molecule has 1 atom stereocenters. The Hall–Kier alpha value is -1.73. The number of aromatic nitrogens is 1. The van der Waals surface area contributed by atoms with Gasteiger partial charge in [0, 0.05) is 12.6 Å². The van der Waals surface area contributed by atoms with Gasteiger partial charge in [0.15, 0.2) is 0 Å². The molecule has 2 N–H and O–H groups in total. The molecule has 0 bridgehead atoms. The molecular weight excluding hydrogens is 284 g/mol. The van der Waals surface area contributed by atoms with Crippen molar-refractivity contribution in [1.82, 2.24) is 15.6 Å². The van der Waals surface area contributed by atoms with E-state index < -0.39 is 10.8 Å². The fourth-order valence-corrected chi connectivity index (χ4v) is 2.33. The minimum atomic E-state index is -0.607. The third-order valence-electron chi connectivity index (χ3n) is 3.28. The van der Waals surface area contributed by atoms with Gasteiger partial charge >= 0.3 is 0 Å². The maximum Gasteiger partial charge on any atom is 0.288 e. The number of nitrogens with one attached hydrogen (secondary N) is 2. The average molecular weight is 299 g/mol. The molecule has 1 amide bonds. The number of pyridine rings is 1. The van der Waals surface area contributed by atoms with Crippen molar-refractivity contribution in [2.24, 2.45) is 5.92 Å². The zero-order valence-electron chi connectivity index (χ0n) is 10.8. The summed E-state index contributed by atoms with van der Waals surface area (Å²) in [5.74, 6) is 0.131. The first-order chi connectivity index (χ1) is 9.58. The molecule has 20 heavy (non-hydrogen) atoms. The zero-order chi connectivity index (χ0) is 14.5. The molecule has 0 saturated carbocycles. The normalized spacial score (nSPS) is 17.9. The molecule has 2 heterocycles. The van der Waals surface area contributed by atoms with Gasteiger partial charge in [-0.2, -0.15) is 0 Å². The molecule has 1 fully saturated rings. The Morgan fingerprint density at radius 1 is 1.65 bits per heavy atom.